The zero-order chi connectivity index (χ0) is 12.5. The molecule has 3 nitrogen and oxygen atoms in total. The van der Waals surface area contributed by atoms with Crippen molar-refractivity contribution >= 4 is 5.91 Å². The lowest BCUT2D eigenvalue weighted by Crippen LogP contribution is -2.55. The maximum Gasteiger partial charge on any atom is 0.254 e. The van der Waals surface area contributed by atoms with Crippen molar-refractivity contribution in [3.8, 4) is 0 Å². The SMILES string of the molecule is CC(F)(F)CC(=O)N1CCOC2CCCCC21. The second-order valence-corrected chi connectivity index (χ2v) is 5.10. The third-order valence-electron chi connectivity index (χ3n) is 3.51. The Morgan fingerprint density at radius 3 is 2.82 bits per heavy atom. The van der Waals surface area contributed by atoms with Crippen LogP contribution in [0.1, 0.15) is 39.0 Å². The molecule has 1 heterocycles. The Morgan fingerprint density at radius 1 is 1.41 bits per heavy atom. The second kappa shape index (κ2) is 4.88. The van der Waals surface area contributed by atoms with Crippen LogP contribution in [0, 0.1) is 0 Å². The largest absolute Gasteiger partial charge is 0.374 e. The molecule has 2 unspecified atom stereocenters. The number of fused-ring (bicyclic) bond motifs is 1. The normalized spacial score (nSPS) is 29.9. The summed E-state index contributed by atoms with van der Waals surface area (Å²) in [5, 5.41) is 0. The van der Waals surface area contributed by atoms with E-state index in [1.807, 2.05) is 0 Å². The summed E-state index contributed by atoms with van der Waals surface area (Å²) >= 11 is 0. The van der Waals surface area contributed by atoms with Crippen LogP contribution in [0.25, 0.3) is 0 Å². The van der Waals surface area contributed by atoms with E-state index in [4.69, 9.17) is 4.74 Å². The number of carbonyl (C=O) groups is 1. The third-order valence-corrected chi connectivity index (χ3v) is 3.51. The van der Waals surface area contributed by atoms with E-state index in [0.29, 0.717) is 13.2 Å². The van der Waals surface area contributed by atoms with Crippen LogP contribution >= 0.6 is 0 Å². The van der Waals surface area contributed by atoms with Gasteiger partial charge in [0, 0.05) is 6.54 Å². The van der Waals surface area contributed by atoms with Gasteiger partial charge in [-0.15, -0.1) is 0 Å². The molecular formula is C12H19F2NO2. The number of halogens is 2. The standard InChI is InChI=1S/C12H19F2NO2/c1-12(13,14)8-11(16)15-6-7-17-10-5-3-2-4-9(10)15/h9-10H,2-8H2,1H3. The van der Waals surface area contributed by atoms with Crippen LogP contribution in [0.3, 0.4) is 0 Å². The molecular weight excluding hydrogens is 228 g/mol. The number of carbonyl (C=O) groups excluding carboxylic acids is 1. The third kappa shape index (κ3) is 3.15. The first kappa shape index (κ1) is 12.7. The van der Waals surface area contributed by atoms with Crippen molar-refractivity contribution < 1.29 is 18.3 Å². The molecule has 1 amide bonds. The molecule has 2 aliphatic rings. The fraction of sp³-hybridized carbons (Fsp3) is 0.917. The number of alkyl halides is 2. The molecule has 17 heavy (non-hydrogen) atoms. The predicted octanol–water partition coefficient (Wildman–Crippen LogP) is 2.20. The molecule has 0 aromatic heterocycles. The first-order valence-electron chi connectivity index (χ1n) is 6.26. The van der Waals surface area contributed by atoms with Crippen molar-refractivity contribution in [3.05, 3.63) is 0 Å². The maximum atomic E-state index is 12.9. The van der Waals surface area contributed by atoms with E-state index < -0.39 is 18.3 Å². The molecule has 98 valence electrons. The van der Waals surface area contributed by atoms with Crippen molar-refractivity contribution in [2.45, 2.75) is 57.1 Å². The summed E-state index contributed by atoms with van der Waals surface area (Å²) in [6.45, 7) is 1.72. The van der Waals surface area contributed by atoms with Gasteiger partial charge in [0.15, 0.2) is 0 Å². The van der Waals surface area contributed by atoms with Gasteiger partial charge in [-0.05, 0) is 19.8 Å². The Labute approximate surface area is 100 Å². The summed E-state index contributed by atoms with van der Waals surface area (Å²) in [6.07, 6.45) is 3.36. The molecule has 2 atom stereocenters. The number of nitrogens with zero attached hydrogens (tertiary/aromatic N) is 1. The summed E-state index contributed by atoms with van der Waals surface area (Å²) in [5.74, 6) is -3.35. The van der Waals surface area contributed by atoms with E-state index in [9.17, 15) is 13.6 Å². The first-order valence-corrected chi connectivity index (χ1v) is 6.26. The second-order valence-electron chi connectivity index (χ2n) is 5.10. The summed E-state index contributed by atoms with van der Waals surface area (Å²) in [6, 6.07) is 0.0207. The summed E-state index contributed by atoms with van der Waals surface area (Å²) in [4.78, 5) is 13.5. The summed E-state index contributed by atoms with van der Waals surface area (Å²) in [7, 11) is 0. The lowest BCUT2D eigenvalue weighted by Gasteiger charge is -2.44. The monoisotopic (exact) mass is 247 g/mol. The number of rotatable bonds is 2. The van der Waals surface area contributed by atoms with Crippen LogP contribution in [-0.2, 0) is 9.53 Å². The quantitative estimate of drug-likeness (QED) is 0.748. The molecule has 0 aromatic rings. The van der Waals surface area contributed by atoms with Gasteiger partial charge in [-0.25, -0.2) is 8.78 Å². The molecule has 2 fully saturated rings. The van der Waals surface area contributed by atoms with Gasteiger partial charge in [0.2, 0.25) is 5.91 Å². The fourth-order valence-corrected chi connectivity index (χ4v) is 2.77. The highest BCUT2D eigenvalue weighted by Gasteiger charge is 2.38. The Balaban J connectivity index is 2.01. The van der Waals surface area contributed by atoms with E-state index in [1.54, 1.807) is 4.90 Å². The zero-order valence-electron chi connectivity index (χ0n) is 10.1. The van der Waals surface area contributed by atoms with Crippen LogP contribution in [0.4, 0.5) is 8.78 Å². The summed E-state index contributed by atoms with van der Waals surface area (Å²) in [5.41, 5.74) is 0. The lowest BCUT2D eigenvalue weighted by atomic mass is 9.90. The van der Waals surface area contributed by atoms with Crippen molar-refractivity contribution in [1.82, 2.24) is 4.90 Å². The number of amides is 1. The molecule has 1 aliphatic carbocycles. The van der Waals surface area contributed by atoms with E-state index in [2.05, 4.69) is 0 Å². The average Bonchev–Trinajstić information content (AvgIpc) is 2.26. The lowest BCUT2D eigenvalue weighted by molar-refractivity contribution is -0.155. The minimum Gasteiger partial charge on any atom is -0.374 e. The van der Waals surface area contributed by atoms with E-state index in [-0.39, 0.29) is 12.1 Å². The molecule has 1 saturated carbocycles. The first-order chi connectivity index (χ1) is 7.97. The summed E-state index contributed by atoms with van der Waals surface area (Å²) < 4.78 is 31.4. The predicted molar refractivity (Wildman–Crippen MR) is 58.9 cm³/mol. The van der Waals surface area contributed by atoms with Crippen LogP contribution in [0.2, 0.25) is 0 Å². The van der Waals surface area contributed by atoms with E-state index in [1.165, 1.54) is 0 Å². The van der Waals surface area contributed by atoms with Crippen molar-refractivity contribution in [2.75, 3.05) is 13.2 Å². The number of ether oxygens (including phenoxy) is 1. The van der Waals surface area contributed by atoms with Gasteiger partial charge < -0.3 is 9.64 Å². The molecule has 0 bridgehead atoms. The Hall–Kier alpha value is -0.710. The van der Waals surface area contributed by atoms with Gasteiger partial charge in [0.25, 0.3) is 5.92 Å². The minimum absolute atomic E-state index is 0.0207. The topological polar surface area (TPSA) is 29.5 Å². The highest BCUT2D eigenvalue weighted by molar-refractivity contribution is 5.77. The number of hydrogen-bond donors (Lipinski definition) is 0. The number of hydrogen-bond acceptors (Lipinski definition) is 2. The van der Waals surface area contributed by atoms with Gasteiger partial charge in [0.05, 0.1) is 25.2 Å². The van der Waals surface area contributed by atoms with E-state index >= 15 is 0 Å². The van der Waals surface area contributed by atoms with Crippen LogP contribution in [0.15, 0.2) is 0 Å². The highest BCUT2D eigenvalue weighted by atomic mass is 19.3. The molecule has 1 aliphatic heterocycles. The molecule has 2 rings (SSSR count). The van der Waals surface area contributed by atoms with Gasteiger partial charge in [-0.2, -0.15) is 0 Å². The van der Waals surface area contributed by atoms with E-state index in [0.717, 1.165) is 32.6 Å². The molecule has 0 radical (unpaired) electrons. The smallest absolute Gasteiger partial charge is 0.254 e. The van der Waals surface area contributed by atoms with Gasteiger partial charge in [-0.3, -0.25) is 4.79 Å². The van der Waals surface area contributed by atoms with Gasteiger partial charge >= 0.3 is 0 Å². The fourth-order valence-electron chi connectivity index (χ4n) is 2.77. The molecule has 1 saturated heterocycles. The van der Waals surface area contributed by atoms with Crippen LogP contribution in [-0.4, -0.2) is 42.0 Å². The van der Waals surface area contributed by atoms with Gasteiger partial charge in [-0.1, -0.05) is 12.8 Å². The highest BCUT2D eigenvalue weighted by Crippen LogP contribution is 2.30. The van der Waals surface area contributed by atoms with Crippen molar-refractivity contribution in [1.29, 1.82) is 0 Å². The Bertz CT molecular complexity index is 289. The van der Waals surface area contributed by atoms with Crippen molar-refractivity contribution in [2.24, 2.45) is 0 Å². The maximum absolute atomic E-state index is 12.9. The Kier molecular flexibility index (Phi) is 3.66. The molecule has 0 spiro atoms. The Morgan fingerprint density at radius 2 is 2.12 bits per heavy atom. The van der Waals surface area contributed by atoms with Gasteiger partial charge in [0.1, 0.15) is 0 Å². The number of morpholine rings is 1. The molecule has 0 aromatic carbocycles. The average molecular weight is 247 g/mol. The van der Waals surface area contributed by atoms with Crippen LogP contribution < -0.4 is 0 Å². The van der Waals surface area contributed by atoms with Crippen LogP contribution in [0.5, 0.6) is 0 Å². The zero-order valence-corrected chi connectivity index (χ0v) is 10.1. The molecule has 5 heteroatoms. The van der Waals surface area contributed by atoms with Crippen molar-refractivity contribution in [3.63, 3.8) is 0 Å². The minimum atomic E-state index is -2.92. The molecule has 0 N–H and O–H groups in total.